The third kappa shape index (κ3) is 3.49. The minimum Gasteiger partial charge on any atom is -0.392 e. The van der Waals surface area contributed by atoms with Gasteiger partial charge >= 0.3 is 0 Å². The lowest BCUT2D eigenvalue weighted by molar-refractivity contribution is -0.118. The minimum atomic E-state index is -0.321. The highest BCUT2D eigenvalue weighted by Crippen LogP contribution is 2.33. The predicted molar refractivity (Wildman–Crippen MR) is 97.3 cm³/mol. The summed E-state index contributed by atoms with van der Waals surface area (Å²) in [6.45, 7) is 4.52. The van der Waals surface area contributed by atoms with Crippen molar-refractivity contribution in [3.8, 4) is 11.1 Å². The normalized spacial score (nSPS) is 16.6. The van der Waals surface area contributed by atoms with E-state index in [4.69, 9.17) is 0 Å². The van der Waals surface area contributed by atoms with E-state index in [0.717, 1.165) is 45.4 Å². The fourth-order valence-corrected chi connectivity index (χ4v) is 3.37. The number of benzene rings is 2. The summed E-state index contributed by atoms with van der Waals surface area (Å²) >= 11 is 0. The van der Waals surface area contributed by atoms with Gasteiger partial charge in [0.25, 0.3) is 0 Å². The van der Waals surface area contributed by atoms with Gasteiger partial charge in [-0.15, -0.1) is 0 Å². The van der Waals surface area contributed by atoms with E-state index >= 15 is 0 Å². The van der Waals surface area contributed by atoms with Gasteiger partial charge in [0.15, 0.2) is 0 Å². The van der Waals surface area contributed by atoms with Crippen molar-refractivity contribution in [1.29, 1.82) is 0 Å². The van der Waals surface area contributed by atoms with Crippen LogP contribution in [0.3, 0.4) is 0 Å². The van der Waals surface area contributed by atoms with Crippen molar-refractivity contribution in [2.45, 2.75) is 33.3 Å². The Kier molecular flexibility index (Phi) is 5.00. The maximum absolute atomic E-state index is 14.3. The van der Waals surface area contributed by atoms with Crippen LogP contribution in [0.25, 0.3) is 16.7 Å². The van der Waals surface area contributed by atoms with E-state index in [1.807, 2.05) is 38.1 Å². The highest BCUT2D eigenvalue weighted by atomic mass is 19.1. The van der Waals surface area contributed by atoms with Crippen LogP contribution in [0.2, 0.25) is 0 Å². The molecular formula is C21H22FNO2. The maximum atomic E-state index is 14.3. The summed E-state index contributed by atoms with van der Waals surface area (Å²) in [4.78, 5) is 12.1. The van der Waals surface area contributed by atoms with E-state index < -0.39 is 0 Å². The number of rotatable bonds is 3. The largest absolute Gasteiger partial charge is 0.392 e. The number of carbonyl (C=O) groups is 1. The number of aliphatic hydroxyl groups is 1. The molecule has 1 heterocycles. The average molecular weight is 339 g/mol. The summed E-state index contributed by atoms with van der Waals surface area (Å²) in [5.74, 6) is -0.376. The number of nitrogens with one attached hydrogen (secondary N) is 1. The maximum Gasteiger partial charge on any atom is 0.247 e. The molecule has 3 rings (SSSR count). The number of hydrogen-bond acceptors (Lipinski definition) is 2. The van der Waals surface area contributed by atoms with Crippen LogP contribution in [0, 0.1) is 12.7 Å². The fourth-order valence-electron chi connectivity index (χ4n) is 3.37. The van der Waals surface area contributed by atoms with Crippen molar-refractivity contribution in [2.75, 3.05) is 6.54 Å². The van der Waals surface area contributed by atoms with Crippen molar-refractivity contribution in [1.82, 2.24) is 5.32 Å². The molecule has 0 atom stereocenters. The van der Waals surface area contributed by atoms with Crippen molar-refractivity contribution in [2.24, 2.45) is 0 Å². The molecule has 0 bridgehead atoms. The molecule has 2 N–H and O–H groups in total. The molecule has 3 nitrogen and oxygen atoms in total. The Hall–Kier alpha value is -2.46. The zero-order valence-corrected chi connectivity index (χ0v) is 14.5. The van der Waals surface area contributed by atoms with Gasteiger partial charge in [-0.2, -0.15) is 0 Å². The first-order valence-electron chi connectivity index (χ1n) is 8.50. The van der Waals surface area contributed by atoms with Gasteiger partial charge in [0.05, 0.1) is 6.61 Å². The van der Waals surface area contributed by atoms with Gasteiger partial charge in [-0.25, -0.2) is 4.39 Å². The zero-order chi connectivity index (χ0) is 18.0. The molecule has 2 aromatic rings. The summed E-state index contributed by atoms with van der Waals surface area (Å²) in [7, 11) is 0. The number of piperidine rings is 1. The smallest absolute Gasteiger partial charge is 0.247 e. The summed E-state index contributed by atoms with van der Waals surface area (Å²) in [6, 6.07) is 10.5. The Labute approximate surface area is 147 Å². The minimum absolute atomic E-state index is 0.0199. The van der Waals surface area contributed by atoms with Gasteiger partial charge in [0.1, 0.15) is 5.82 Å². The van der Waals surface area contributed by atoms with Gasteiger partial charge in [0.2, 0.25) is 5.91 Å². The highest BCUT2D eigenvalue weighted by molar-refractivity contribution is 6.02. The van der Waals surface area contributed by atoms with Gasteiger partial charge in [0, 0.05) is 12.1 Å². The molecule has 1 aliphatic rings. The van der Waals surface area contributed by atoms with Crippen molar-refractivity contribution >= 4 is 11.5 Å². The van der Waals surface area contributed by atoms with Crippen molar-refractivity contribution in [3.63, 3.8) is 0 Å². The number of aliphatic hydroxyl groups excluding tert-OH is 1. The number of carbonyl (C=O) groups excluding carboxylic acids is 1. The molecule has 2 aromatic carbocycles. The van der Waals surface area contributed by atoms with Crippen molar-refractivity contribution < 1.29 is 14.3 Å². The molecular weight excluding hydrogens is 317 g/mol. The van der Waals surface area contributed by atoms with Crippen LogP contribution in [0.1, 0.15) is 36.5 Å². The van der Waals surface area contributed by atoms with E-state index in [0.29, 0.717) is 13.0 Å². The molecule has 1 saturated heterocycles. The van der Waals surface area contributed by atoms with Gasteiger partial charge in [-0.05, 0) is 72.2 Å². The first-order valence-corrected chi connectivity index (χ1v) is 8.50. The molecule has 0 spiro atoms. The third-order valence-corrected chi connectivity index (χ3v) is 4.84. The Bertz CT molecular complexity index is 838. The predicted octanol–water partition coefficient (Wildman–Crippen LogP) is 3.98. The molecule has 1 aliphatic heterocycles. The van der Waals surface area contributed by atoms with Gasteiger partial charge in [-0.3, -0.25) is 4.79 Å². The van der Waals surface area contributed by atoms with E-state index in [1.165, 1.54) is 12.1 Å². The topological polar surface area (TPSA) is 49.3 Å². The van der Waals surface area contributed by atoms with E-state index in [9.17, 15) is 14.3 Å². The van der Waals surface area contributed by atoms with E-state index in [1.54, 1.807) is 0 Å². The first kappa shape index (κ1) is 17.4. The lowest BCUT2D eigenvalue weighted by Gasteiger charge is -2.20. The number of amides is 1. The standard InChI is InChI=1S/C21H22FNO2/c1-13(18-4-3-9-23-21(18)25)19-10-17(22)11-20(14(19)2)16-7-5-15(12-24)6-8-16/h5-8,10-11,24H,3-4,9,12H2,1-2H3,(H,23,25)/b18-13+. The van der Waals surface area contributed by atoms with Crippen LogP contribution in [-0.2, 0) is 11.4 Å². The molecule has 4 heteroatoms. The average Bonchev–Trinajstić information content (AvgIpc) is 2.63. The Morgan fingerprint density at radius 2 is 1.96 bits per heavy atom. The molecule has 1 amide bonds. The SMILES string of the molecule is C/C(=C1/CCCNC1=O)c1cc(F)cc(-c2ccc(CO)cc2)c1C. The van der Waals surface area contributed by atoms with Crippen LogP contribution in [0.15, 0.2) is 42.0 Å². The number of hydrogen-bond donors (Lipinski definition) is 2. The molecule has 130 valence electrons. The molecule has 0 radical (unpaired) electrons. The second kappa shape index (κ2) is 7.19. The molecule has 25 heavy (non-hydrogen) atoms. The van der Waals surface area contributed by atoms with E-state index in [-0.39, 0.29) is 18.3 Å². The van der Waals surface area contributed by atoms with Crippen LogP contribution in [0.5, 0.6) is 0 Å². The zero-order valence-electron chi connectivity index (χ0n) is 14.5. The summed E-state index contributed by atoms with van der Waals surface area (Å²) < 4.78 is 14.3. The molecule has 0 aliphatic carbocycles. The first-order chi connectivity index (χ1) is 12.0. The summed E-state index contributed by atoms with van der Waals surface area (Å²) in [5.41, 5.74) is 5.80. The second-order valence-corrected chi connectivity index (χ2v) is 6.44. The number of allylic oxidation sites excluding steroid dienone is 1. The highest BCUT2D eigenvalue weighted by Gasteiger charge is 2.20. The molecule has 0 saturated carbocycles. The third-order valence-electron chi connectivity index (χ3n) is 4.84. The van der Waals surface area contributed by atoms with Crippen LogP contribution in [0.4, 0.5) is 4.39 Å². The second-order valence-electron chi connectivity index (χ2n) is 6.44. The van der Waals surface area contributed by atoms with Gasteiger partial charge in [-0.1, -0.05) is 24.3 Å². The monoisotopic (exact) mass is 339 g/mol. The Morgan fingerprint density at radius 3 is 2.60 bits per heavy atom. The van der Waals surface area contributed by atoms with Crippen LogP contribution < -0.4 is 5.32 Å². The lowest BCUT2D eigenvalue weighted by atomic mass is 9.89. The molecule has 0 aromatic heterocycles. The molecule has 0 unspecified atom stereocenters. The summed E-state index contributed by atoms with van der Waals surface area (Å²) in [6.07, 6.45) is 1.62. The van der Waals surface area contributed by atoms with Gasteiger partial charge < -0.3 is 10.4 Å². The van der Waals surface area contributed by atoms with Crippen LogP contribution >= 0.6 is 0 Å². The van der Waals surface area contributed by atoms with Crippen LogP contribution in [-0.4, -0.2) is 17.6 Å². The number of halogens is 1. The molecule has 1 fully saturated rings. The quantitative estimate of drug-likeness (QED) is 0.831. The Balaban J connectivity index is 2.11. The Morgan fingerprint density at radius 1 is 1.24 bits per heavy atom. The van der Waals surface area contributed by atoms with Crippen molar-refractivity contribution in [3.05, 3.63) is 64.5 Å². The summed E-state index contributed by atoms with van der Waals surface area (Å²) in [5, 5.41) is 12.0. The lowest BCUT2D eigenvalue weighted by Crippen LogP contribution is -2.31. The van der Waals surface area contributed by atoms with E-state index in [2.05, 4.69) is 5.32 Å². The fraction of sp³-hybridized carbons (Fsp3) is 0.286.